The zero-order valence-corrected chi connectivity index (χ0v) is 13.7. The summed E-state index contributed by atoms with van der Waals surface area (Å²) in [5.41, 5.74) is 7.07. The van der Waals surface area contributed by atoms with Crippen molar-refractivity contribution in [1.82, 2.24) is 9.19 Å². The molecule has 0 spiro atoms. The van der Waals surface area contributed by atoms with Crippen molar-refractivity contribution in [1.29, 1.82) is 0 Å². The van der Waals surface area contributed by atoms with Gasteiger partial charge in [-0.25, -0.2) is 0 Å². The normalized spacial score (nSPS) is 11.4. The highest BCUT2D eigenvalue weighted by atomic mass is 32.2. The monoisotopic (exact) mass is 341 g/mol. The molecule has 0 aliphatic carbocycles. The van der Waals surface area contributed by atoms with Crippen LogP contribution in [0.2, 0.25) is 0 Å². The van der Waals surface area contributed by atoms with Gasteiger partial charge in [-0.3, -0.25) is 4.79 Å². The van der Waals surface area contributed by atoms with Crippen molar-refractivity contribution >= 4 is 21.6 Å². The third-order valence-corrected chi connectivity index (χ3v) is 5.12. The Labute approximate surface area is 139 Å². The SMILES string of the molecule is CC(=O)c1cccc(S(=O)(=O)n2nc(N)cc2-c2ccccc2)c1. The first-order valence-electron chi connectivity index (χ1n) is 7.17. The maximum absolute atomic E-state index is 12.9. The van der Waals surface area contributed by atoms with E-state index in [1.807, 2.05) is 6.07 Å². The molecule has 0 saturated carbocycles. The Morgan fingerprint density at radius 3 is 2.42 bits per heavy atom. The van der Waals surface area contributed by atoms with Crippen LogP contribution in [0.1, 0.15) is 17.3 Å². The van der Waals surface area contributed by atoms with Crippen molar-refractivity contribution < 1.29 is 13.2 Å². The Hall–Kier alpha value is -2.93. The standard InChI is InChI=1S/C17H15N3O3S/c1-12(21)14-8-5-9-15(10-14)24(22,23)20-16(11-17(18)19-20)13-6-3-2-4-7-13/h2-11H,1H3,(H2,18,19). The topological polar surface area (TPSA) is 95.0 Å². The molecular weight excluding hydrogens is 326 g/mol. The van der Waals surface area contributed by atoms with Crippen LogP contribution >= 0.6 is 0 Å². The molecule has 3 rings (SSSR count). The number of Topliss-reactive ketones (excluding diaryl/α,β-unsaturated/α-hetero) is 1. The van der Waals surface area contributed by atoms with Gasteiger partial charge in [-0.2, -0.15) is 12.5 Å². The predicted octanol–water partition coefficient (Wildman–Crippen LogP) is 2.57. The van der Waals surface area contributed by atoms with Gasteiger partial charge in [-0.05, 0) is 19.1 Å². The summed E-state index contributed by atoms with van der Waals surface area (Å²) in [7, 11) is -3.98. The number of ketones is 1. The number of rotatable bonds is 4. The van der Waals surface area contributed by atoms with Gasteiger partial charge in [-0.15, -0.1) is 5.10 Å². The smallest absolute Gasteiger partial charge is 0.283 e. The molecule has 0 amide bonds. The summed E-state index contributed by atoms with van der Waals surface area (Å²) in [5.74, 6) is -0.115. The van der Waals surface area contributed by atoms with E-state index in [-0.39, 0.29) is 16.5 Å². The molecule has 122 valence electrons. The van der Waals surface area contributed by atoms with E-state index >= 15 is 0 Å². The Kier molecular flexibility index (Phi) is 3.94. The van der Waals surface area contributed by atoms with Crippen molar-refractivity contribution in [2.24, 2.45) is 0 Å². The van der Waals surface area contributed by atoms with Gasteiger partial charge in [0.1, 0.15) is 5.82 Å². The lowest BCUT2D eigenvalue weighted by atomic mass is 10.2. The van der Waals surface area contributed by atoms with Crippen LogP contribution in [0.25, 0.3) is 11.3 Å². The van der Waals surface area contributed by atoms with Crippen LogP contribution in [-0.4, -0.2) is 23.4 Å². The third kappa shape index (κ3) is 2.81. The molecule has 0 aliphatic rings. The van der Waals surface area contributed by atoms with E-state index in [0.29, 0.717) is 16.8 Å². The second-order valence-corrected chi connectivity index (χ2v) is 7.02. The van der Waals surface area contributed by atoms with Gasteiger partial charge < -0.3 is 5.73 Å². The molecule has 0 saturated heterocycles. The number of benzene rings is 2. The number of anilines is 1. The minimum atomic E-state index is -3.98. The highest BCUT2D eigenvalue weighted by Crippen LogP contribution is 2.26. The fraction of sp³-hybridized carbons (Fsp3) is 0.0588. The lowest BCUT2D eigenvalue weighted by Crippen LogP contribution is -2.16. The first-order chi connectivity index (χ1) is 11.4. The van der Waals surface area contributed by atoms with E-state index in [1.54, 1.807) is 30.3 Å². The van der Waals surface area contributed by atoms with E-state index in [1.165, 1.54) is 31.2 Å². The summed E-state index contributed by atoms with van der Waals surface area (Å²) in [6.45, 7) is 1.38. The Balaban J connectivity index is 2.19. The number of carbonyl (C=O) groups excluding carboxylic acids is 1. The highest BCUT2D eigenvalue weighted by molar-refractivity contribution is 7.90. The summed E-state index contributed by atoms with van der Waals surface area (Å²) in [6.07, 6.45) is 0. The van der Waals surface area contributed by atoms with Crippen LogP contribution in [0.4, 0.5) is 5.82 Å². The van der Waals surface area contributed by atoms with Gasteiger partial charge in [0.05, 0.1) is 10.6 Å². The van der Waals surface area contributed by atoms with Gasteiger partial charge in [-0.1, -0.05) is 42.5 Å². The van der Waals surface area contributed by atoms with Crippen LogP contribution in [0.15, 0.2) is 65.6 Å². The minimum Gasteiger partial charge on any atom is -0.382 e. The maximum atomic E-state index is 12.9. The van der Waals surface area contributed by atoms with Crippen LogP contribution in [0.5, 0.6) is 0 Å². The first-order valence-corrected chi connectivity index (χ1v) is 8.61. The van der Waals surface area contributed by atoms with Crippen LogP contribution < -0.4 is 5.73 Å². The van der Waals surface area contributed by atoms with Gasteiger partial charge in [0.25, 0.3) is 10.0 Å². The number of nitrogens with two attached hydrogens (primary N) is 1. The lowest BCUT2D eigenvalue weighted by molar-refractivity contribution is 0.101. The summed E-state index contributed by atoms with van der Waals surface area (Å²) >= 11 is 0. The van der Waals surface area contributed by atoms with Crippen LogP contribution in [0.3, 0.4) is 0 Å². The number of hydrogen-bond donors (Lipinski definition) is 1. The summed E-state index contributed by atoms with van der Waals surface area (Å²) in [5, 5.41) is 3.93. The number of aromatic nitrogens is 2. The molecule has 24 heavy (non-hydrogen) atoms. The molecule has 0 atom stereocenters. The molecule has 0 aliphatic heterocycles. The number of hydrogen-bond acceptors (Lipinski definition) is 5. The molecule has 7 heteroatoms. The molecule has 1 aromatic heterocycles. The summed E-state index contributed by atoms with van der Waals surface area (Å²) in [4.78, 5) is 11.5. The number of nitrogen functional groups attached to an aromatic ring is 1. The predicted molar refractivity (Wildman–Crippen MR) is 91.1 cm³/mol. The molecule has 0 fully saturated rings. The molecule has 0 radical (unpaired) electrons. The molecule has 2 N–H and O–H groups in total. The van der Waals surface area contributed by atoms with Gasteiger partial charge in [0.2, 0.25) is 0 Å². The van der Waals surface area contributed by atoms with Gasteiger partial charge >= 0.3 is 0 Å². The average Bonchev–Trinajstić information content (AvgIpc) is 2.98. The number of nitrogens with zero attached hydrogens (tertiary/aromatic N) is 2. The van der Waals surface area contributed by atoms with Crippen molar-refractivity contribution in [2.75, 3.05) is 5.73 Å². The van der Waals surface area contributed by atoms with Crippen molar-refractivity contribution in [2.45, 2.75) is 11.8 Å². The lowest BCUT2D eigenvalue weighted by Gasteiger charge is -2.09. The molecule has 1 heterocycles. The van der Waals surface area contributed by atoms with E-state index in [9.17, 15) is 13.2 Å². The highest BCUT2D eigenvalue weighted by Gasteiger charge is 2.23. The molecule has 3 aromatic rings. The Bertz CT molecular complexity index is 1010. The second-order valence-electron chi connectivity index (χ2n) is 5.25. The molecule has 0 unspecified atom stereocenters. The van der Waals surface area contributed by atoms with E-state index in [4.69, 9.17) is 5.73 Å². The van der Waals surface area contributed by atoms with Crippen molar-refractivity contribution in [3.05, 3.63) is 66.2 Å². The molecule has 2 aromatic carbocycles. The number of carbonyl (C=O) groups is 1. The third-order valence-electron chi connectivity index (χ3n) is 3.53. The van der Waals surface area contributed by atoms with Crippen molar-refractivity contribution in [3.63, 3.8) is 0 Å². The van der Waals surface area contributed by atoms with Gasteiger partial charge in [0.15, 0.2) is 5.78 Å². The molecule has 6 nitrogen and oxygen atoms in total. The van der Waals surface area contributed by atoms with Gasteiger partial charge in [0, 0.05) is 17.2 Å². The Morgan fingerprint density at radius 1 is 1.04 bits per heavy atom. The second kappa shape index (κ2) is 5.93. The van der Waals surface area contributed by atoms with E-state index in [2.05, 4.69) is 5.10 Å². The maximum Gasteiger partial charge on any atom is 0.283 e. The zero-order valence-electron chi connectivity index (χ0n) is 12.9. The largest absolute Gasteiger partial charge is 0.382 e. The summed E-state index contributed by atoms with van der Waals surface area (Å²) in [6, 6.07) is 16.3. The van der Waals surface area contributed by atoms with Crippen LogP contribution in [-0.2, 0) is 10.0 Å². The zero-order chi connectivity index (χ0) is 17.3. The fourth-order valence-electron chi connectivity index (χ4n) is 2.34. The first kappa shape index (κ1) is 15.9. The fourth-order valence-corrected chi connectivity index (χ4v) is 3.69. The quantitative estimate of drug-likeness (QED) is 0.736. The average molecular weight is 341 g/mol. The van der Waals surface area contributed by atoms with E-state index in [0.717, 1.165) is 4.09 Å². The molecular formula is C17H15N3O3S. The summed E-state index contributed by atoms with van der Waals surface area (Å²) < 4.78 is 26.8. The minimum absolute atomic E-state index is 0.0181. The Morgan fingerprint density at radius 2 is 1.75 bits per heavy atom. The van der Waals surface area contributed by atoms with E-state index < -0.39 is 10.0 Å². The van der Waals surface area contributed by atoms with Crippen molar-refractivity contribution in [3.8, 4) is 11.3 Å². The van der Waals surface area contributed by atoms with Crippen LogP contribution in [0, 0.1) is 0 Å². The molecule has 0 bridgehead atoms.